The van der Waals surface area contributed by atoms with E-state index in [2.05, 4.69) is 15.5 Å². The van der Waals surface area contributed by atoms with Crippen molar-refractivity contribution in [2.24, 2.45) is 0 Å². The van der Waals surface area contributed by atoms with Gasteiger partial charge < -0.3 is 14.7 Å². The lowest BCUT2D eigenvalue weighted by Crippen LogP contribution is -2.23. The molecule has 0 unspecified atom stereocenters. The Hall–Kier alpha value is -3.24. The number of rotatable bonds is 7. The smallest absolute Gasteiger partial charge is 0.316 e. The van der Waals surface area contributed by atoms with Crippen LogP contribution in [0, 0.1) is 0 Å². The van der Waals surface area contributed by atoms with Crippen LogP contribution in [0.4, 0.5) is 5.69 Å². The van der Waals surface area contributed by atoms with E-state index in [-0.39, 0.29) is 16.6 Å². The predicted molar refractivity (Wildman–Crippen MR) is 113 cm³/mol. The molecule has 1 amide bonds. The van der Waals surface area contributed by atoms with Crippen molar-refractivity contribution in [3.05, 3.63) is 60.0 Å². The van der Waals surface area contributed by atoms with Gasteiger partial charge in [-0.3, -0.25) is 4.79 Å². The number of carbonyl (C=O) groups excluding carboxylic acids is 1. The average Bonchev–Trinajstić information content (AvgIpc) is 3.22. The Labute approximate surface area is 175 Å². The molecule has 0 saturated heterocycles. The van der Waals surface area contributed by atoms with Gasteiger partial charge in [-0.05, 0) is 42.0 Å². The molecule has 2 aromatic carbocycles. The second-order valence-corrected chi connectivity index (χ2v) is 9.13. The van der Waals surface area contributed by atoms with Crippen LogP contribution < -0.4 is 10.2 Å². The summed E-state index contributed by atoms with van der Waals surface area (Å²) in [6.07, 6.45) is 0. The maximum absolute atomic E-state index is 12.3. The molecule has 9 nitrogen and oxygen atoms in total. The molecule has 158 valence electrons. The molecule has 0 bridgehead atoms. The van der Waals surface area contributed by atoms with Crippen LogP contribution in [0.15, 0.2) is 57.9 Å². The molecule has 0 fully saturated rings. The summed E-state index contributed by atoms with van der Waals surface area (Å²) in [4.78, 5) is 18.5. The number of hydrogen-bond acceptors (Lipinski definition) is 7. The molecule has 0 atom stereocenters. The second-order valence-electron chi connectivity index (χ2n) is 6.98. The maximum Gasteiger partial charge on any atom is 0.316 e. The third-order valence-electron chi connectivity index (χ3n) is 4.42. The third kappa shape index (κ3) is 4.66. The highest BCUT2D eigenvalue weighted by molar-refractivity contribution is 7.89. The van der Waals surface area contributed by atoms with E-state index in [9.17, 15) is 13.2 Å². The first-order valence-corrected chi connectivity index (χ1v) is 10.5. The predicted octanol–water partition coefficient (Wildman–Crippen LogP) is 1.98. The van der Waals surface area contributed by atoms with Gasteiger partial charge in [-0.2, -0.15) is 4.98 Å². The van der Waals surface area contributed by atoms with E-state index in [0.717, 1.165) is 15.6 Å². The van der Waals surface area contributed by atoms with Gasteiger partial charge in [0.15, 0.2) is 0 Å². The van der Waals surface area contributed by atoms with Crippen LogP contribution >= 0.6 is 0 Å². The van der Waals surface area contributed by atoms with E-state index in [1.807, 2.05) is 43.3 Å². The zero-order valence-electron chi connectivity index (χ0n) is 17.2. The van der Waals surface area contributed by atoms with Crippen LogP contribution in [-0.4, -0.2) is 57.0 Å². The summed E-state index contributed by atoms with van der Waals surface area (Å²) in [5.74, 6) is -0.457. The molecule has 30 heavy (non-hydrogen) atoms. The molecular formula is C20H23N5O4S. The highest BCUT2D eigenvalue weighted by Crippen LogP contribution is 2.20. The molecule has 0 radical (unpaired) electrons. The summed E-state index contributed by atoms with van der Waals surface area (Å²) in [6, 6.07) is 13.8. The second kappa shape index (κ2) is 8.64. The fourth-order valence-corrected chi connectivity index (χ4v) is 3.49. The van der Waals surface area contributed by atoms with E-state index in [1.165, 1.54) is 26.2 Å². The van der Waals surface area contributed by atoms with Crippen molar-refractivity contribution in [2.75, 3.05) is 33.1 Å². The lowest BCUT2D eigenvalue weighted by molar-refractivity contribution is 0.0907. The number of hydrogen-bond donors (Lipinski definition) is 1. The first-order valence-electron chi connectivity index (χ1n) is 9.09. The van der Waals surface area contributed by atoms with Crippen molar-refractivity contribution in [2.45, 2.75) is 11.4 Å². The molecule has 10 heteroatoms. The van der Waals surface area contributed by atoms with E-state index >= 15 is 0 Å². The standard InChI is InChI=1S/C20H23N5O4S/c1-24(2)16-9-5-14(6-10-16)13-21-19(26)20-22-18(23-29-20)15-7-11-17(12-8-15)30(27,28)25(3)4/h5-12H,13H2,1-4H3,(H,21,26). The quantitative estimate of drug-likeness (QED) is 0.612. The summed E-state index contributed by atoms with van der Waals surface area (Å²) in [7, 11) is 3.32. The molecule has 0 aliphatic rings. The van der Waals surface area contributed by atoms with Gasteiger partial charge in [-0.1, -0.05) is 17.3 Å². The highest BCUT2D eigenvalue weighted by atomic mass is 32.2. The monoisotopic (exact) mass is 429 g/mol. The Balaban J connectivity index is 1.66. The van der Waals surface area contributed by atoms with Crippen LogP contribution in [0.3, 0.4) is 0 Å². The van der Waals surface area contributed by atoms with E-state index < -0.39 is 15.9 Å². The molecular weight excluding hydrogens is 406 g/mol. The van der Waals surface area contributed by atoms with Gasteiger partial charge in [0.1, 0.15) is 0 Å². The van der Waals surface area contributed by atoms with Crippen molar-refractivity contribution in [3.63, 3.8) is 0 Å². The first kappa shape index (κ1) is 21.5. The normalized spacial score (nSPS) is 11.5. The summed E-state index contributed by atoms with van der Waals surface area (Å²) in [5, 5.41) is 6.54. The fraction of sp³-hybridized carbons (Fsp3) is 0.250. The number of aromatic nitrogens is 2. The van der Waals surface area contributed by atoms with Gasteiger partial charge in [0.2, 0.25) is 15.8 Å². The molecule has 1 N–H and O–H groups in total. The van der Waals surface area contributed by atoms with Crippen molar-refractivity contribution in [1.29, 1.82) is 0 Å². The maximum atomic E-state index is 12.3. The van der Waals surface area contributed by atoms with Crippen molar-refractivity contribution >= 4 is 21.6 Å². The Bertz CT molecular complexity index is 1120. The zero-order valence-corrected chi connectivity index (χ0v) is 18.0. The minimum atomic E-state index is -3.52. The first-order chi connectivity index (χ1) is 14.2. The summed E-state index contributed by atoms with van der Waals surface area (Å²) < 4.78 is 30.5. The van der Waals surface area contributed by atoms with Gasteiger partial charge in [0, 0.05) is 46.0 Å². The SMILES string of the molecule is CN(C)c1ccc(CNC(=O)c2nc(-c3ccc(S(=O)(=O)N(C)C)cc3)no2)cc1. The molecule has 0 aliphatic carbocycles. The van der Waals surface area contributed by atoms with Gasteiger partial charge >= 0.3 is 11.8 Å². The van der Waals surface area contributed by atoms with Crippen molar-refractivity contribution in [1.82, 2.24) is 19.8 Å². The van der Waals surface area contributed by atoms with E-state index in [0.29, 0.717) is 12.1 Å². The van der Waals surface area contributed by atoms with Gasteiger partial charge in [-0.15, -0.1) is 0 Å². The van der Waals surface area contributed by atoms with Crippen molar-refractivity contribution < 1.29 is 17.7 Å². The molecule has 3 rings (SSSR count). The summed E-state index contributed by atoms with van der Waals surface area (Å²) in [5.41, 5.74) is 2.54. The van der Waals surface area contributed by atoms with Crippen LogP contribution in [0.2, 0.25) is 0 Å². The number of sulfonamides is 1. The van der Waals surface area contributed by atoms with Crippen LogP contribution in [0.25, 0.3) is 11.4 Å². The largest absolute Gasteiger partial charge is 0.378 e. The average molecular weight is 430 g/mol. The summed E-state index contributed by atoms with van der Waals surface area (Å²) >= 11 is 0. The van der Waals surface area contributed by atoms with Crippen molar-refractivity contribution in [3.8, 4) is 11.4 Å². The van der Waals surface area contributed by atoms with Crippen LogP contribution in [0.5, 0.6) is 0 Å². The fourth-order valence-electron chi connectivity index (χ4n) is 2.59. The summed E-state index contributed by atoms with van der Waals surface area (Å²) in [6.45, 7) is 0.321. The number of nitrogens with one attached hydrogen (secondary N) is 1. The van der Waals surface area contributed by atoms with Gasteiger partial charge in [0.25, 0.3) is 0 Å². The lowest BCUT2D eigenvalue weighted by atomic mass is 10.2. The third-order valence-corrected chi connectivity index (χ3v) is 6.25. The Morgan fingerprint density at radius 2 is 1.63 bits per heavy atom. The number of nitrogens with zero attached hydrogens (tertiary/aromatic N) is 4. The minimum Gasteiger partial charge on any atom is -0.378 e. The topological polar surface area (TPSA) is 109 Å². The molecule has 3 aromatic rings. The Kier molecular flexibility index (Phi) is 6.18. The molecule has 1 heterocycles. The molecule has 0 aliphatic heterocycles. The zero-order chi connectivity index (χ0) is 21.9. The molecule has 0 saturated carbocycles. The Morgan fingerprint density at radius 3 is 2.20 bits per heavy atom. The van der Waals surface area contributed by atoms with E-state index in [1.54, 1.807) is 12.1 Å². The number of anilines is 1. The molecule has 0 spiro atoms. The van der Waals surface area contributed by atoms with Crippen LogP contribution in [-0.2, 0) is 16.6 Å². The molecule has 1 aromatic heterocycles. The number of amides is 1. The minimum absolute atomic E-state index is 0.151. The van der Waals surface area contributed by atoms with Gasteiger partial charge in [-0.25, -0.2) is 12.7 Å². The Morgan fingerprint density at radius 1 is 1.00 bits per heavy atom. The number of carbonyl (C=O) groups is 1. The number of benzene rings is 2. The van der Waals surface area contributed by atoms with Crippen LogP contribution in [0.1, 0.15) is 16.2 Å². The lowest BCUT2D eigenvalue weighted by Gasteiger charge is -2.12. The van der Waals surface area contributed by atoms with E-state index in [4.69, 9.17) is 4.52 Å². The highest BCUT2D eigenvalue weighted by Gasteiger charge is 2.19. The van der Waals surface area contributed by atoms with Gasteiger partial charge in [0.05, 0.1) is 4.90 Å².